The number of hydrogen-bond donors (Lipinski definition) is 0. The second kappa shape index (κ2) is 12.6. The lowest BCUT2D eigenvalue weighted by atomic mass is 10.1. The Bertz CT molecular complexity index is 394. The number of nitrogens with zero attached hydrogens (tertiary/aromatic N) is 1. The van der Waals surface area contributed by atoms with E-state index in [1.54, 1.807) is 11.8 Å². The van der Waals surface area contributed by atoms with Crippen molar-refractivity contribution in [3.05, 3.63) is 30.3 Å². The molecule has 0 aliphatic rings. The molecule has 0 aliphatic heterocycles. The zero-order valence-corrected chi connectivity index (χ0v) is 15.0. The molecule has 0 heterocycles. The van der Waals surface area contributed by atoms with E-state index in [0.717, 1.165) is 17.9 Å². The first kappa shape index (κ1) is 19.1. The Kier molecular flexibility index (Phi) is 10.9. The Hall–Kier alpha value is -0.960. The van der Waals surface area contributed by atoms with Gasteiger partial charge in [0.1, 0.15) is 0 Å². The van der Waals surface area contributed by atoms with Crippen molar-refractivity contribution in [2.24, 2.45) is 0 Å². The van der Waals surface area contributed by atoms with Crippen molar-refractivity contribution in [3.63, 3.8) is 0 Å². The lowest BCUT2D eigenvalue weighted by molar-refractivity contribution is -0.127. The molecule has 0 saturated heterocycles. The van der Waals surface area contributed by atoms with Crippen LogP contribution < -0.4 is 0 Å². The zero-order valence-electron chi connectivity index (χ0n) is 14.2. The normalized spacial score (nSPS) is 10.6. The Morgan fingerprint density at radius 2 is 1.55 bits per heavy atom. The van der Waals surface area contributed by atoms with Crippen LogP contribution in [0.25, 0.3) is 0 Å². The molecule has 3 heteroatoms. The third kappa shape index (κ3) is 9.14. The van der Waals surface area contributed by atoms with Gasteiger partial charge in [-0.3, -0.25) is 4.79 Å². The summed E-state index contributed by atoms with van der Waals surface area (Å²) in [5.41, 5.74) is 0. The van der Waals surface area contributed by atoms with Gasteiger partial charge in [-0.05, 0) is 18.6 Å². The Balaban J connectivity index is 2.02. The number of hydrogen-bond acceptors (Lipinski definition) is 2. The monoisotopic (exact) mass is 321 g/mol. The van der Waals surface area contributed by atoms with Crippen LogP contribution in [-0.4, -0.2) is 30.2 Å². The fourth-order valence-electron chi connectivity index (χ4n) is 2.38. The summed E-state index contributed by atoms with van der Waals surface area (Å²) >= 11 is 1.62. The molecule has 0 unspecified atom stereocenters. The van der Waals surface area contributed by atoms with Crippen molar-refractivity contribution >= 4 is 17.7 Å². The highest BCUT2D eigenvalue weighted by atomic mass is 32.2. The minimum absolute atomic E-state index is 0.233. The third-order valence-electron chi connectivity index (χ3n) is 3.88. The van der Waals surface area contributed by atoms with Crippen LogP contribution in [0.4, 0.5) is 0 Å². The van der Waals surface area contributed by atoms with Gasteiger partial charge in [0.25, 0.3) is 0 Å². The van der Waals surface area contributed by atoms with Crippen molar-refractivity contribution in [1.29, 1.82) is 0 Å². The van der Waals surface area contributed by atoms with E-state index in [4.69, 9.17) is 0 Å². The van der Waals surface area contributed by atoms with Gasteiger partial charge in [0, 0.05) is 18.5 Å². The van der Waals surface area contributed by atoms with E-state index in [-0.39, 0.29) is 5.91 Å². The second-order valence-electron chi connectivity index (χ2n) is 5.89. The topological polar surface area (TPSA) is 20.3 Å². The van der Waals surface area contributed by atoms with Gasteiger partial charge in [-0.15, -0.1) is 11.8 Å². The van der Waals surface area contributed by atoms with E-state index in [1.807, 2.05) is 30.1 Å². The lowest BCUT2D eigenvalue weighted by Crippen LogP contribution is -2.29. The van der Waals surface area contributed by atoms with E-state index in [9.17, 15) is 4.79 Å². The summed E-state index contributed by atoms with van der Waals surface area (Å²) in [4.78, 5) is 15.1. The maximum Gasteiger partial charge on any atom is 0.232 e. The van der Waals surface area contributed by atoms with E-state index in [0.29, 0.717) is 5.75 Å². The minimum atomic E-state index is 0.233. The van der Waals surface area contributed by atoms with Crippen LogP contribution >= 0.6 is 11.8 Å². The molecule has 2 nitrogen and oxygen atoms in total. The molecule has 0 aliphatic carbocycles. The van der Waals surface area contributed by atoms with Crippen LogP contribution in [0.5, 0.6) is 0 Å². The Labute approximate surface area is 140 Å². The van der Waals surface area contributed by atoms with Crippen LogP contribution in [0.3, 0.4) is 0 Å². The van der Waals surface area contributed by atoms with Crippen LogP contribution in [0.15, 0.2) is 35.2 Å². The van der Waals surface area contributed by atoms with E-state index in [2.05, 4.69) is 19.1 Å². The molecular formula is C19H31NOS. The average molecular weight is 322 g/mol. The highest BCUT2D eigenvalue weighted by Gasteiger charge is 2.08. The van der Waals surface area contributed by atoms with E-state index in [1.165, 1.54) is 44.9 Å². The molecule has 1 amide bonds. The first-order chi connectivity index (χ1) is 10.7. The van der Waals surface area contributed by atoms with Crippen LogP contribution in [0, 0.1) is 0 Å². The molecule has 0 spiro atoms. The summed E-state index contributed by atoms with van der Waals surface area (Å²) < 4.78 is 0. The quantitative estimate of drug-likeness (QED) is 0.380. The summed E-state index contributed by atoms with van der Waals surface area (Å²) in [5.74, 6) is 0.772. The molecular weight excluding hydrogens is 290 g/mol. The summed E-state index contributed by atoms with van der Waals surface area (Å²) in [6.07, 6.45) is 10.5. The maximum atomic E-state index is 12.1. The number of thioether (sulfide) groups is 1. The van der Waals surface area contributed by atoms with Crippen LogP contribution in [0.1, 0.15) is 58.3 Å². The zero-order chi connectivity index (χ0) is 16.0. The first-order valence-corrected chi connectivity index (χ1v) is 9.64. The smallest absolute Gasteiger partial charge is 0.232 e. The largest absolute Gasteiger partial charge is 0.345 e. The Morgan fingerprint density at radius 3 is 2.18 bits per heavy atom. The average Bonchev–Trinajstić information content (AvgIpc) is 2.55. The number of benzene rings is 1. The molecule has 1 rings (SSSR count). The van der Waals surface area contributed by atoms with Gasteiger partial charge in [-0.25, -0.2) is 0 Å². The van der Waals surface area contributed by atoms with Crippen molar-refractivity contribution < 1.29 is 4.79 Å². The van der Waals surface area contributed by atoms with Gasteiger partial charge in [-0.2, -0.15) is 0 Å². The number of rotatable bonds is 12. The SMILES string of the molecule is CCCCCCCCCCN(C)C(=O)CSc1ccccc1. The van der Waals surface area contributed by atoms with Gasteiger partial charge in [0.15, 0.2) is 0 Å². The molecule has 0 fully saturated rings. The molecule has 1 aromatic carbocycles. The van der Waals surface area contributed by atoms with Crippen molar-refractivity contribution in [2.45, 2.75) is 63.2 Å². The van der Waals surface area contributed by atoms with Crippen molar-refractivity contribution in [2.75, 3.05) is 19.3 Å². The molecule has 0 saturated carbocycles. The first-order valence-electron chi connectivity index (χ1n) is 8.66. The van der Waals surface area contributed by atoms with E-state index >= 15 is 0 Å². The Morgan fingerprint density at radius 1 is 0.955 bits per heavy atom. The molecule has 1 aromatic rings. The number of unbranched alkanes of at least 4 members (excludes halogenated alkanes) is 7. The van der Waals surface area contributed by atoms with Gasteiger partial charge in [0.05, 0.1) is 5.75 Å². The van der Waals surface area contributed by atoms with Gasteiger partial charge in [-0.1, -0.05) is 70.1 Å². The van der Waals surface area contributed by atoms with Gasteiger partial charge in [0.2, 0.25) is 5.91 Å². The highest BCUT2D eigenvalue weighted by molar-refractivity contribution is 8.00. The summed E-state index contributed by atoms with van der Waals surface area (Å²) in [6, 6.07) is 10.1. The molecule has 22 heavy (non-hydrogen) atoms. The van der Waals surface area contributed by atoms with Gasteiger partial charge < -0.3 is 4.90 Å². The summed E-state index contributed by atoms with van der Waals surface area (Å²) in [5, 5.41) is 0. The summed E-state index contributed by atoms with van der Waals surface area (Å²) in [7, 11) is 1.93. The van der Waals surface area contributed by atoms with Crippen LogP contribution in [-0.2, 0) is 4.79 Å². The third-order valence-corrected chi connectivity index (χ3v) is 4.88. The number of carbonyl (C=O) groups excluding carboxylic acids is 1. The number of amides is 1. The fourth-order valence-corrected chi connectivity index (χ4v) is 3.24. The predicted octanol–water partition coefficient (Wildman–Crippen LogP) is 5.38. The molecule has 124 valence electrons. The molecule has 0 bridgehead atoms. The predicted molar refractivity (Wildman–Crippen MR) is 97.4 cm³/mol. The summed E-state index contributed by atoms with van der Waals surface area (Å²) in [6.45, 7) is 3.14. The number of carbonyl (C=O) groups is 1. The fraction of sp³-hybridized carbons (Fsp3) is 0.632. The molecule has 0 aromatic heterocycles. The molecule has 0 radical (unpaired) electrons. The van der Waals surface area contributed by atoms with Crippen molar-refractivity contribution in [1.82, 2.24) is 4.90 Å². The van der Waals surface area contributed by atoms with E-state index < -0.39 is 0 Å². The maximum absolute atomic E-state index is 12.1. The lowest BCUT2D eigenvalue weighted by Gasteiger charge is -2.16. The second-order valence-corrected chi connectivity index (χ2v) is 6.94. The minimum Gasteiger partial charge on any atom is -0.345 e. The van der Waals surface area contributed by atoms with Crippen molar-refractivity contribution in [3.8, 4) is 0 Å². The van der Waals surface area contributed by atoms with Crippen LogP contribution in [0.2, 0.25) is 0 Å². The standard InChI is InChI=1S/C19H31NOS/c1-3-4-5-6-7-8-9-13-16-20(2)19(21)17-22-18-14-11-10-12-15-18/h10-12,14-15H,3-9,13,16-17H2,1-2H3. The van der Waals surface area contributed by atoms with Gasteiger partial charge >= 0.3 is 0 Å². The molecule has 0 atom stereocenters. The highest BCUT2D eigenvalue weighted by Crippen LogP contribution is 2.17. The molecule has 0 N–H and O–H groups in total.